The summed E-state index contributed by atoms with van der Waals surface area (Å²) in [6.07, 6.45) is 0. The summed E-state index contributed by atoms with van der Waals surface area (Å²) in [6.45, 7) is 5.09. The van der Waals surface area contributed by atoms with E-state index in [0.29, 0.717) is 25.2 Å². The molecule has 1 N–H and O–H groups in total. The number of nitrogens with one attached hydrogen (secondary N) is 1. The molecule has 0 saturated carbocycles. The van der Waals surface area contributed by atoms with Gasteiger partial charge >= 0.3 is 0 Å². The first-order valence-electron chi connectivity index (χ1n) is 5.91. The first kappa shape index (κ1) is 16.4. The average Bonchev–Trinajstić information content (AvgIpc) is 2.28. The van der Waals surface area contributed by atoms with Crippen molar-refractivity contribution >= 4 is 22.4 Å². The third kappa shape index (κ3) is 3.45. The van der Waals surface area contributed by atoms with Gasteiger partial charge in [-0.2, -0.15) is 4.31 Å². The number of piperazine rings is 1. The Hall–Kier alpha value is -0.690. The van der Waals surface area contributed by atoms with Gasteiger partial charge in [0.2, 0.25) is 10.0 Å². The molecule has 1 aromatic rings. The zero-order valence-corrected chi connectivity index (χ0v) is 12.5. The molecule has 7 heteroatoms. The predicted molar refractivity (Wildman–Crippen MR) is 74.6 cm³/mol. The number of aryl methyl sites for hydroxylation is 1. The van der Waals surface area contributed by atoms with Crippen LogP contribution in [0.4, 0.5) is 4.39 Å². The van der Waals surface area contributed by atoms with Gasteiger partial charge in [0.25, 0.3) is 0 Å². The van der Waals surface area contributed by atoms with Crippen molar-refractivity contribution in [1.82, 2.24) is 9.62 Å². The summed E-state index contributed by atoms with van der Waals surface area (Å²) >= 11 is 0. The lowest BCUT2D eigenvalue weighted by Gasteiger charge is -2.31. The van der Waals surface area contributed by atoms with E-state index in [-0.39, 0.29) is 23.3 Å². The highest BCUT2D eigenvalue weighted by atomic mass is 35.5. The highest BCUT2D eigenvalue weighted by Crippen LogP contribution is 2.21. The molecule has 0 amide bonds. The van der Waals surface area contributed by atoms with Gasteiger partial charge in [-0.25, -0.2) is 12.8 Å². The van der Waals surface area contributed by atoms with Crippen molar-refractivity contribution in [2.45, 2.75) is 24.8 Å². The monoisotopic (exact) mass is 308 g/mol. The van der Waals surface area contributed by atoms with E-state index >= 15 is 0 Å². The van der Waals surface area contributed by atoms with Crippen LogP contribution in [0.2, 0.25) is 0 Å². The second kappa shape index (κ2) is 6.17. The maximum absolute atomic E-state index is 13.0. The van der Waals surface area contributed by atoms with Gasteiger partial charge in [0.05, 0.1) is 4.90 Å². The Morgan fingerprint density at radius 3 is 2.68 bits per heavy atom. The predicted octanol–water partition coefficient (Wildman–Crippen LogP) is 1.54. The molecule has 1 saturated heterocycles. The molecule has 19 heavy (non-hydrogen) atoms. The van der Waals surface area contributed by atoms with Gasteiger partial charge in [0.15, 0.2) is 0 Å². The van der Waals surface area contributed by atoms with Crippen molar-refractivity contribution < 1.29 is 12.8 Å². The van der Waals surface area contributed by atoms with Crippen molar-refractivity contribution in [1.29, 1.82) is 0 Å². The van der Waals surface area contributed by atoms with Crippen molar-refractivity contribution in [3.63, 3.8) is 0 Å². The van der Waals surface area contributed by atoms with Gasteiger partial charge in [-0.3, -0.25) is 0 Å². The van der Waals surface area contributed by atoms with Crippen molar-refractivity contribution in [2.75, 3.05) is 19.6 Å². The average molecular weight is 309 g/mol. The summed E-state index contributed by atoms with van der Waals surface area (Å²) in [5, 5.41) is 3.19. The molecule has 2 rings (SSSR count). The minimum atomic E-state index is -3.52. The van der Waals surface area contributed by atoms with Gasteiger partial charge in [0.1, 0.15) is 5.82 Å². The van der Waals surface area contributed by atoms with E-state index in [9.17, 15) is 12.8 Å². The minimum Gasteiger partial charge on any atom is -0.312 e. The molecular weight excluding hydrogens is 291 g/mol. The maximum Gasteiger partial charge on any atom is 0.243 e. The lowest BCUT2D eigenvalue weighted by atomic mass is 10.2. The van der Waals surface area contributed by atoms with E-state index in [2.05, 4.69) is 5.32 Å². The van der Waals surface area contributed by atoms with Crippen molar-refractivity contribution in [3.05, 3.63) is 29.6 Å². The number of rotatable bonds is 2. The first-order valence-corrected chi connectivity index (χ1v) is 7.35. The van der Waals surface area contributed by atoms with Crippen molar-refractivity contribution in [3.8, 4) is 0 Å². The Morgan fingerprint density at radius 1 is 1.42 bits per heavy atom. The van der Waals surface area contributed by atoms with Crippen LogP contribution in [0.15, 0.2) is 23.1 Å². The molecule has 1 aliphatic heterocycles. The number of hydrogen-bond donors (Lipinski definition) is 1. The number of benzene rings is 1. The highest BCUT2D eigenvalue weighted by Gasteiger charge is 2.29. The molecule has 108 valence electrons. The SMILES string of the molecule is Cc1cc(F)ccc1S(=O)(=O)N1CCN[C@@H](C)C1.Cl. The normalized spacial score (nSPS) is 20.9. The van der Waals surface area contributed by atoms with Crippen LogP contribution in [0, 0.1) is 12.7 Å². The lowest BCUT2D eigenvalue weighted by molar-refractivity contribution is 0.310. The van der Waals surface area contributed by atoms with Gasteiger partial charge in [-0.1, -0.05) is 0 Å². The third-order valence-corrected chi connectivity index (χ3v) is 5.11. The number of hydrogen-bond acceptors (Lipinski definition) is 3. The van der Waals surface area contributed by atoms with Crippen LogP contribution in [-0.4, -0.2) is 38.4 Å². The molecule has 0 aliphatic carbocycles. The molecule has 4 nitrogen and oxygen atoms in total. The summed E-state index contributed by atoms with van der Waals surface area (Å²) in [4.78, 5) is 0.193. The Morgan fingerprint density at radius 2 is 2.11 bits per heavy atom. The summed E-state index contributed by atoms with van der Waals surface area (Å²) in [6, 6.07) is 3.91. The molecule has 0 radical (unpaired) electrons. The molecule has 0 spiro atoms. The van der Waals surface area contributed by atoms with Gasteiger partial charge in [-0.05, 0) is 37.6 Å². The fraction of sp³-hybridized carbons (Fsp3) is 0.500. The van der Waals surface area contributed by atoms with Crippen LogP contribution in [0.5, 0.6) is 0 Å². The van der Waals surface area contributed by atoms with Gasteiger partial charge in [0, 0.05) is 25.7 Å². The second-order valence-corrected chi connectivity index (χ2v) is 6.53. The number of nitrogens with zero attached hydrogens (tertiary/aromatic N) is 1. The third-order valence-electron chi connectivity index (χ3n) is 3.09. The molecule has 1 fully saturated rings. The van der Waals surface area contributed by atoms with Crippen LogP contribution < -0.4 is 5.32 Å². The second-order valence-electron chi connectivity index (χ2n) is 4.63. The van der Waals surface area contributed by atoms with E-state index < -0.39 is 15.8 Å². The molecule has 0 unspecified atom stereocenters. The smallest absolute Gasteiger partial charge is 0.243 e. The molecular formula is C12H18ClFN2O2S. The van der Waals surface area contributed by atoms with Crippen LogP contribution in [0.25, 0.3) is 0 Å². The highest BCUT2D eigenvalue weighted by molar-refractivity contribution is 7.89. The van der Waals surface area contributed by atoms with Crippen LogP contribution in [0.3, 0.4) is 0 Å². The lowest BCUT2D eigenvalue weighted by Crippen LogP contribution is -2.51. The standard InChI is InChI=1S/C12H17FN2O2S.ClH/c1-9-7-11(13)3-4-12(9)18(16,17)15-6-5-14-10(2)8-15;/h3-4,7,10,14H,5-6,8H2,1-2H3;1H/t10-;/m0./s1. The Bertz CT molecular complexity index is 551. The van der Waals surface area contributed by atoms with E-state index in [1.165, 1.54) is 22.5 Å². The topological polar surface area (TPSA) is 49.4 Å². The zero-order valence-electron chi connectivity index (χ0n) is 10.9. The molecule has 1 aromatic carbocycles. The molecule has 0 bridgehead atoms. The van der Waals surface area contributed by atoms with Crippen molar-refractivity contribution in [2.24, 2.45) is 0 Å². The van der Waals surface area contributed by atoms with E-state index in [4.69, 9.17) is 0 Å². The fourth-order valence-electron chi connectivity index (χ4n) is 2.16. The summed E-state index contributed by atoms with van der Waals surface area (Å²) in [7, 11) is -3.52. The number of halogens is 2. The zero-order chi connectivity index (χ0) is 13.3. The Kier molecular flexibility index (Phi) is 5.32. The summed E-state index contributed by atoms with van der Waals surface area (Å²) in [5.74, 6) is -0.417. The van der Waals surface area contributed by atoms with Gasteiger partial charge < -0.3 is 5.32 Å². The van der Waals surface area contributed by atoms with E-state index in [1.54, 1.807) is 6.92 Å². The van der Waals surface area contributed by atoms with E-state index in [0.717, 1.165) is 0 Å². The first-order chi connectivity index (χ1) is 8.41. The largest absolute Gasteiger partial charge is 0.312 e. The molecule has 1 heterocycles. The van der Waals surface area contributed by atoms with Crippen LogP contribution >= 0.6 is 12.4 Å². The van der Waals surface area contributed by atoms with E-state index in [1.807, 2.05) is 6.92 Å². The molecule has 0 aromatic heterocycles. The Labute approximate surface area is 119 Å². The summed E-state index contributed by atoms with van der Waals surface area (Å²) in [5.41, 5.74) is 0.446. The molecule has 1 atom stereocenters. The maximum atomic E-state index is 13.0. The van der Waals surface area contributed by atoms with Crippen LogP contribution in [-0.2, 0) is 10.0 Å². The molecule has 1 aliphatic rings. The Balaban J connectivity index is 0.00000180. The van der Waals surface area contributed by atoms with Gasteiger partial charge in [-0.15, -0.1) is 12.4 Å². The summed E-state index contributed by atoms with van der Waals surface area (Å²) < 4.78 is 39.4. The minimum absolute atomic E-state index is 0. The quantitative estimate of drug-likeness (QED) is 0.901. The fourth-order valence-corrected chi connectivity index (χ4v) is 3.89. The number of sulfonamides is 1. The van der Waals surface area contributed by atoms with Crippen LogP contribution in [0.1, 0.15) is 12.5 Å².